The smallest absolute Gasteiger partial charge is 0.265 e. The van der Waals surface area contributed by atoms with Gasteiger partial charge in [-0.3, -0.25) is 9.78 Å². The Hall–Kier alpha value is -3.12. The topological polar surface area (TPSA) is 75.6 Å². The number of rotatable bonds is 13. The van der Waals surface area contributed by atoms with Crippen molar-refractivity contribution < 1.29 is 9.63 Å². The van der Waals surface area contributed by atoms with Crippen LogP contribution in [0.15, 0.2) is 65.9 Å². The zero-order valence-electron chi connectivity index (χ0n) is 18.1. The van der Waals surface area contributed by atoms with Gasteiger partial charge in [-0.05, 0) is 42.7 Å². The van der Waals surface area contributed by atoms with Crippen LogP contribution in [0.3, 0.4) is 0 Å². The second-order valence-corrected chi connectivity index (χ2v) is 7.94. The number of halogens is 1. The van der Waals surface area contributed by atoms with E-state index in [1.54, 1.807) is 6.20 Å². The number of pyridine rings is 1. The number of hydrogen-bond acceptors (Lipinski definition) is 5. The Bertz CT molecular complexity index is 1010. The molecule has 1 aromatic heterocycles. The van der Waals surface area contributed by atoms with Crippen molar-refractivity contribution in [3.63, 3.8) is 0 Å². The van der Waals surface area contributed by atoms with Crippen molar-refractivity contribution in [3.05, 3.63) is 71.4 Å². The van der Waals surface area contributed by atoms with Gasteiger partial charge in [-0.1, -0.05) is 66.4 Å². The van der Waals surface area contributed by atoms with Crippen LogP contribution in [0.5, 0.6) is 0 Å². The third-order valence-corrected chi connectivity index (χ3v) is 5.23. The van der Waals surface area contributed by atoms with Crippen molar-refractivity contribution in [1.29, 1.82) is 0 Å². The quantitative estimate of drug-likeness (QED) is 0.202. The summed E-state index contributed by atoms with van der Waals surface area (Å²) < 4.78 is 0. The maximum absolute atomic E-state index is 11.7. The fraction of sp³-hybridized carbons (Fsp3) is 0.320. The first kappa shape index (κ1) is 23.5. The number of amides is 1. The third kappa shape index (κ3) is 8.19. The lowest BCUT2D eigenvalue weighted by atomic mass is 10.1. The van der Waals surface area contributed by atoms with Gasteiger partial charge in [-0.2, -0.15) is 0 Å². The van der Waals surface area contributed by atoms with Gasteiger partial charge in [0.25, 0.3) is 5.91 Å². The van der Waals surface area contributed by atoms with E-state index in [1.165, 1.54) is 6.21 Å². The van der Waals surface area contributed by atoms with Crippen molar-refractivity contribution >= 4 is 40.3 Å². The molecule has 0 aliphatic rings. The minimum Gasteiger partial charge on any atom is -0.391 e. The summed E-state index contributed by atoms with van der Waals surface area (Å²) >= 11 is 6.04. The van der Waals surface area contributed by atoms with Gasteiger partial charge in [0.2, 0.25) is 0 Å². The van der Waals surface area contributed by atoms with E-state index in [-0.39, 0.29) is 5.91 Å². The van der Waals surface area contributed by atoms with E-state index < -0.39 is 0 Å². The maximum Gasteiger partial charge on any atom is 0.265 e. The standard InChI is InChI=1S/C25H29ClN4O2/c26-21-11-12-22-23(13-16-28-24(22)17-21)27-14-7-2-1-3-8-15-29-25(31)18-30-32-19-20-9-5-4-6-10-20/h4-6,9-13,16-18H,1-3,7-8,14-15,19H2,(H,27,28)(H,29,31)/b30-18+. The number of nitrogens with one attached hydrogen (secondary N) is 2. The average molecular weight is 453 g/mol. The molecule has 32 heavy (non-hydrogen) atoms. The number of oxime groups is 1. The second kappa shape index (κ2) is 13.3. The molecule has 0 radical (unpaired) electrons. The number of anilines is 1. The number of carbonyl (C=O) groups excluding carboxylic acids is 1. The molecule has 2 aromatic carbocycles. The SMILES string of the molecule is O=C(/C=N/OCc1ccccc1)NCCCCCCCNc1ccnc2cc(Cl)ccc12. The molecular formula is C25H29ClN4O2. The van der Waals surface area contributed by atoms with Crippen molar-refractivity contribution in [1.82, 2.24) is 10.3 Å². The summed E-state index contributed by atoms with van der Waals surface area (Å²) in [6, 6.07) is 17.5. The van der Waals surface area contributed by atoms with Gasteiger partial charge in [-0.15, -0.1) is 0 Å². The van der Waals surface area contributed by atoms with Gasteiger partial charge >= 0.3 is 0 Å². The lowest BCUT2D eigenvalue weighted by Crippen LogP contribution is -2.25. The van der Waals surface area contributed by atoms with Crippen LogP contribution in [-0.2, 0) is 16.2 Å². The predicted octanol–water partition coefficient (Wildman–Crippen LogP) is 5.57. The van der Waals surface area contributed by atoms with Gasteiger partial charge in [0, 0.05) is 35.4 Å². The summed E-state index contributed by atoms with van der Waals surface area (Å²) in [6.07, 6.45) is 8.39. The fourth-order valence-corrected chi connectivity index (χ4v) is 3.47. The molecule has 0 bridgehead atoms. The minimum atomic E-state index is -0.229. The van der Waals surface area contributed by atoms with E-state index in [0.29, 0.717) is 18.2 Å². The van der Waals surface area contributed by atoms with Crippen molar-refractivity contribution in [2.24, 2.45) is 5.16 Å². The number of unbranched alkanes of at least 4 members (excludes halogenated alkanes) is 4. The highest BCUT2D eigenvalue weighted by molar-refractivity contribution is 6.31. The first-order chi connectivity index (χ1) is 15.7. The van der Waals surface area contributed by atoms with Gasteiger partial charge < -0.3 is 15.5 Å². The molecular weight excluding hydrogens is 424 g/mol. The monoisotopic (exact) mass is 452 g/mol. The van der Waals surface area contributed by atoms with Crippen LogP contribution in [0, 0.1) is 0 Å². The molecule has 0 aliphatic heterocycles. The van der Waals surface area contributed by atoms with Gasteiger partial charge in [0.15, 0.2) is 0 Å². The van der Waals surface area contributed by atoms with Gasteiger partial charge in [-0.25, -0.2) is 0 Å². The van der Waals surface area contributed by atoms with Crippen molar-refractivity contribution in [3.8, 4) is 0 Å². The molecule has 1 amide bonds. The largest absolute Gasteiger partial charge is 0.391 e. The molecule has 0 spiro atoms. The van der Waals surface area contributed by atoms with E-state index in [1.807, 2.05) is 54.6 Å². The molecule has 0 saturated carbocycles. The average Bonchev–Trinajstić information content (AvgIpc) is 2.81. The normalized spacial score (nSPS) is 11.0. The van der Waals surface area contributed by atoms with Crippen molar-refractivity contribution in [2.75, 3.05) is 18.4 Å². The highest BCUT2D eigenvalue weighted by atomic mass is 35.5. The minimum absolute atomic E-state index is 0.229. The number of fused-ring (bicyclic) bond motifs is 1. The predicted molar refractivity (Wildman–Crippen MR) is 131 cm³/mol. The summed E-state index contributed by atoms with van der Waals surface area (Å²) in [6.45, 7) is 1.91. The number of hydrogen-bond donors (Lipinski definition) is 2. The Morgan fingerprint density at radius 1 is 1.00 bits per heavy atom. The van der Waals surface area contributed by atoms with Crippen molar-refractivity contribution in [2.45, 2.75) is 38.7 Å². The number of benzene rings is 2. The third-order valence-electron chi connectivity index (χ3n) is 4.99. The molecule has 7 heteroatoms. The molecule has 1 heterocycles. The molecule has 2 N–H and O–H groups in total. The molecule has 3 aromatic rings. The Morgan fingerprint density at radius 3 is 2.62 bits per heavy atom. The first-order valence-corrected chi connectivity index (χ1v) is 11.4. The zero-order chi connectivity index (χ0) is 22.4. The van der Waals surface area contributed by atoms with Crippen LogP contribution in [0.1, 0.15) is 37.7 Å². The number of carbonyl (C=O) groups is 1. The number of aromatic nitrogens is 1. The molecule has 0 unspecified atom stereocenters. The summed E-state index contributed by atoms with van der Waals surface area (Å²) in [7, 11) is 0. The van der Waals surface area contributed by atoms with Crippen LogP contribution < -0.4 is 10.6 Å². The summed E-state index contributed by atoms with van der Waals surface area (Å²) in [4.78, 5) is 21.2. The van der Waals surface area contributed by atoms with Gasteiger partial charge in [0.1, 0.15) is 12.8 Å². The van der Waals surface area contributed by atoms with Crippen LogP contribution >= 0.6 is 11.6 Å². The molecule has 6 nitrogen and oxygen atoms in total. The first-order valence-electron chi connectivity index (χ1n) is 11.0. The highest BCUT2D eigenvalue weighted by Gasteiger charge is 2.02. The molecule has 0 atom stereocenters. The Kier molecular flexibility index (Phi) is 9.80. The van der Waals surface area contributed by atoms with E-state index in [9.17, 15) is 4.79 Å². The lowest BCUT2D eigenvalue weighted by molar-refractivity contribution is -0.114. The molecule has 0 aliphatic carbocycles. The van der Waals surface area contributed by atoms with Crippen LogP contribution in [-0.4, -0.2) is 30.2 Å². The summed E-state index contributed by atoms with van der Waals surface area (Å²) in [5, 5.41) is 11.8. The highest BCUT2D eigenvalue weighted by Crippen LogP contribution is 2.24. The molecule has 168 valence electrons. The lowest BCUT2D eigenvalue weighted by Gasteiger charge is -2.09. The maximum atomic E-state index is 11.7. The zero-order valence-corrected chi connectivity index (χ0v) is 18.9. The van der Waals surface area contributed by atoms with Gasteiger partial charge in [0.05, 0.1) is 5.52 Å². The van der Waals surface area contributed by atoms with Crippen LogP contribution in [0.2, 0.25) is 5.02 Å². The van der Waals surface area contributed by atoms with E-state index in [0.717, 1.165) is 60.8 Å². The number of nitrogens with zero attached hydrogens (tertiary/aromatic N) is 2. The Morgan fingerprint density at radius 2 is 1.78 bits per heavy atom. The van der Waals surface area contributed by atoms with E-state index in [2.05, 4.69) is 20.8 Å². The molecule has 0 saturated heterocycles. The Labute approximate surface area is 194 Å². The van der Waals surface area contributed by atoms with Crippen LogP contribution in [0.4, 0.5) is 5.69 Å². The summed E-state index contributed by atoms with van der Waals surface area (Å²) in [5.41, 5.74) is 3.00. The summed E-state index contributed by atoms with van der Waals surface area (Å²) in [5.74, 6) is -0.229. The Balaban J connectivity index is 1.19. The molecule has 3 rings (SSSR count). The van der Waals surface area contributed by atoms with Crippen LogP contribution in [0.25, 0.3) is 10.9 Å². The molecule has 0 fully saturated rings. The fourth-order valence-electron chi connectivity index (χ4n) is 3.31. The van der Waals surface area contributed by atoms with E-state index >= 15 is 0 Å². The second-order valence-electron chi connectivity index (χ2n) is 7.50. The van der Waals surface area contributed by atoms with E-state index in [4.69, 9.17) is 16.4 Å².